The number of esters is 3. The van der Waals surface area contributed by atoms with Crippen LogP contribution in [0.25, 0.3) is 0 Å². The van der Waals surface area contributed by atoms with Crippen molar-refractivity contribution in [1.82, 2.24) is 0 Å². The van der Waals surface area contributed by atoms with Gasteiger partial charge >= 0.3 is 17.9 Å². The Balaban J connectivity index is 3.14. The largest absolute Gasteiger partial charge is 0.456 e. The average Bonchev–Trinajstić information content (AvgIpc) is 2.41. The molecule has 1 fully saturated rings. The van der Waals surface area contributed by atoms with E-state index in [4.69, 9.17) is 23.7 Å². The topological polar surface area (TPSA) is 97.4 Å². The van der Waals surface area contributed by atoms with Crippen molar-refractivity contribution in [2.24, 2.45) is 0 Å². The molecule has 0 aromatic rings. The van der Waals surface area contributed by atoms with Gasteiger partial charge in [0.15, 0.2) is 24.6 Å². The Hall–Kier alpha value is -1.19. The van der Waals surface area contributed by atoms with Crippen molar-refractivity contribution in [2.75, 3.05) is 12.4 Å². The zero-order valence-corrected chi connectivity index (χ0v) is 14.3. The molecule has 0 saturated carbocycles. The Morgan fingerprint density at radius 1 is 0.909 bits per heavy atom. The van der Waals surface area contributed by atoms with Gasteiger partial charge in [-0.25, -0.2) is 0 Å². The predicted molar refractivity (Wildman–Crippen MR) is 76.1 cm³/mol. The molecule has 1 rings (SSSR count). The van der Waals surface area contributed by atoms with Gasteiger partial charge < -0.3 is 23.7 Å². The third-order valence-electron chi connectivity index (χ3n) is 2.88. The highest BCUT2D eigenvalue weighted by Crippen LogP contribution is 2.29. The van der Waals surface area contributed by atoms with Crippen LogP contribution in [-0.4, -0.2) is 61.1 Å². The van der Waals surface area contributed by atoms with E-state index in [9.17, 15) is 14.4 Å². The van der Waals surface area contributed by atoms with Crippen molar-refractivity contribution in [3.05, 3.63) is 0 Å². The van der Waals surface area contributed by atoms with Crippen LogP contribution in [0, 0.1) is 0 Å². The second kappa shape index (κ2) is 8.44. The lowest BCUT2D eigenvalue weighted by Crippen LogP contribution is -2.62. The van der Waals surface area contributed by atoms with Crippen molar-refractivity contribution in [3.63, 3.8) is 0 Å². The van der Waals surface area contributed by atoms with Crippen LogP contribution in [0.5, 0.6) is 0 Å². The number of alkyl halides is 1. The normalized spacial score (nSPS) is 31.2. The van der Waals surface area contributed by atoms with Gasteiger partial charge in [0.2, 0.25) is 0 Å². The number of carbonyl (C=O) groups excluding carboxylic acids is 3. The van der Waals surface area contributed by atoms with Crippen LogP contribution in [0.2, 0.25) is 0 Å². The van der Waals surface area contributed by atoms with Gasteiger partial charge in [-0.05, 0) is 0 Å². The highest BCUT2D eigenvalue weighted by molar-refractivity contribution is 9.09. The number of methoxy groups -OCH3 is 1. The molecule has 0 amide bonds. The molecule has 8 nitrogen and oxygen atoms in total. The van der Waals surface area contributed by atoms with Crippen LogP contribution < -0.4 is 0 Å². The lowest BCUT2D eigenvalue weighted by Gasteiger charge is -2.43. The number of ether oxygens (including phenoxy) is 5. The molecule has 0 aliphatic carbocycles. The molecule has 0 aromatic carbocycles. The first-order valence-corrected chi connectivity index (χ1v) is 7.68. The van der Waals surface area contributed by atoms with E-state index < -0.39 is 48.6 Å². The Morgan fingerprint density at radius 2 is 1.36 bits per heavy atom. The van der Waals surface area contributed by atoms with E-state index in [1.807, 2.05) is 0 Å². The maximum absolute atomic E-state index is 11.4. The summed E-state index contributed by atoms with van der Waals surface area (Å²) < 4.78 is 26.3. The molecule has 0 unspecified atom stereocenters. The first-order chi connectivity index (χ1) is 10.3. The molecule has 0 bridgehead atoms. The third kappa shape index (κ3) is 4.92. The molecular formula is C13H19BrO8. The Bertz CT molecular complexity index is 396. The van der Waals surface area contributed by atoms with Crippen LogP contribution in [0.4, 0.5) is 0 Å². The fourth-order valence-electron chi connectivity index (χ4n) is 2.17. The molecule has 0 N–H and O–H groups in total. The fraction of sp³-hybridized carbons (Fsp3) is 0.769. The van der Waals surface area contributed by atoms with E-state index in [0.29, 0.717) is 5.33 Å². The summed E-state index contributed by atoms with van der Waals surface area (Å²) in [7, 11) is 1.36. The summed E-state index contributed by atoms with van der Waals surface area (Å²) in [5.74, 6) is -1.79. The SMILES string of the molecule is CO[C@H]1O[C@H](CBr)[C@H](OC(C)=O)[C@H](OC(C)=O)[C@H]1OC(C)=O. The zero-order chi connectivity index (χ0) is 16.9. The van der Waals surface area contributed by atoms with Gasteiger partial charge in [-0.2, -0.15) is 0 Å². The van der Waals surface area contributed by atoms with Crippen LogP contribution in [0.15, 0.2) is 0 Å². The number of hydrogen-bond acceptors (Lipinski definition) is 8. The summed E-state index contributed by atoms with van der Waals surface area (Å²) in [5.41, 5.74) is 0. The summed E-state index contributed by atoms with van der Waals surface area (Å²) in [6, 6.07) is 0. The zero-order valence-electron chi connectivity index (χ0n) is 12.7. The fourth-order valence-corrected chi connectivity index (χ4v) is 2.69. The number of halogens is 1. The van der Waals surface area contributed by atoms with E-state index in [2.05, 4.69) is 15.9 Å². The molecule has 1 aliphatic heterocycles. The van der Waals surface area contributed by atoms with Crippen molar-refractivity contribution < 1.29 is 38.1 Å². The van der Waals surface area contributed by atoms with E-state index in [1.165, 1.54) is 27.9 Å². The maximum atomic E-state index is 11.4. The standard InChI is InChI=1S/C13H19BrO8/c1-6(15)19-10-9(5-14)22-13(18-4)12(21-8(3)17)11(10)20-7(2)16/h9-13H,5H2,1-4H3/t9-,10+,11+,12-,13+/m1/s1. The highest BCUT2D eigenvalue weighted by atomic mass is 79.9. The quantitative estimate of drug-likeness (QED) is 0.386. The van der Waals surface area contributed by atoms with E-state index in [1.54, 1.807) is 0 Å². The minimum Gasteiger partial charge on any atom is -0.456 e. The number of rotatable bonds is 5. The van der Waals surface area contributed by atoms with E-state index in [-0.39, 0.29) is 0 Å². The summed E-state index contributed by atoms with van der Waals surface area (Å²) in [4.78, 5) is 34.0. The molecule has 22 heavy (non-hydrogen) atoms. The second-order valence-corrected chi connectivity index (χ2v) is 5.30. The summed E-state index contributed by atoms with van der Waals surface area (Å²) >= 11 is 3.24. The third-order valence-corrected chi connectivity index (χ3v) is 3.52. The smallest absolute Gasteiger partial charge is 0.303 e. The van der Waals surface area contributed by atoms with Gasteiger partial charge in [-0.3, -0.25) is 14.4 Å². The van der Waals surface area contributed by atoms with Crippen LogP contribution in [-0.2, 0) is 38.1 Å². The molecule has 0 aromatic heterocycles. The average molecular weight is 383 g/mol. The number of carbonyl (C=O) groups is 3. The van der Waals surface area contributed by atoms with Gasteiger partial charge in [0.1, 0.15) is 6.10 Å². The van der Waals surface area contributed by atoms with Crippen LogP contribution in [0.3, 0.4) is 0 Å². The highest BCUT2D eigenvalue weighted by Gasteiger charge is 2.51. The van der Waals surface area contributed by atoms with Crippen LogP contribution in [0.1, 0.15) is 20.8 Å². The van der Waals surface area contributed by atoms with Crippen molar-refractivity contribution in [2.45, 2.75) is 51.5 Å². The van der Waals surface area contributed by atoms with Crippen molar-refractivity contribution in [1.29, 1.82) is 0 Å². The minimum atomic E-state index is -1.05. The van der Waals surface area contributed by atoms with Gasteiger partial charge in [-0.1, -0.05) is 15.9 Å². The Labute approximate surface area is 136 Å². The number of hydrogen-bond donors (Lipinski definition) is 0. The maximum Gasteiger partial charge on any atom is 0.303 e. The summed E-state index contributed by atoms with van der Waals surface area (Å²) in [6.07, 6.45) is -4.61. The molecule has 1 saturated heterocycles. The Kier molecular flexibility index (Phi) is 7.24. The van der Waals surface area contributed by atoms with Gasteiger partial charge in [0, 0.05) is 33.2 Å². The van der Waals surface area contributed by atoms with Gasteiger partial charge in [-0.15, -0.1) is 0 Å². The molecule has 9 heteroatoms. The molecule has 126 valence electrons. The first-order valence-electron chi connectivity index (χ1n) is 6.56. The second-order valence-electron chi connectivity index (χ2n) is 4.66. The van der Waals surface area contributed by atoms with E-state index in [0.717, 1.165) is 0 Å². The van der Waals surface area contributed by atoms with Crippen molar-refractivity contribution in [3.8, 4) is 0 Å². The minimum absolute atomic E-state index is 0.301. The lowest BCUT2D eigenvalue weighted by molar-refractivity contribution is -0.293. The molecular weight excluding hydrogens is 364 g/mol. The molecule has 0 spiro atoms. The monoisotopic (exact) mass is 382 g/mol. The van der Waals surface area contributed by atoms with Crippen molar-refractivity contribution >= 4 is 33.8 Å². The summed E-state index contributed by atoms with van der Waals surface area (Å²) in [6.45, 7) is 3.63. The summed E-state index contributed by atoms with van der Waals surface area (Å²) in [5, 5.41) is 0.301. The molecule has 1 heterocycles. The van der Waals surface area contributed by atoms with Gasteiger partial charge in [0.25, 0.3) is 0 Å². The predicted octanol–water partition coefficient (Wildman–Crippen LogP) is 0.548. The molecule has 1 aliphatic rings. The Morgan fingerprint density at radius 3 is 1.77 bits per heavy atom. The first kappa shape index (κ1) is 18.9. The van der Waals surface area contributed by atoms with Crippen LogP contribution >= 0.6 is 15.9 Å². The van der Waals surface area contributed by atoms with E-state index >= 15 is 0 Å². The lowest BCUT2D eigenvalue weighted by atomic mass is 9.99. The molecule has 5 atom stereocenters. The molecule has 0 radical (unpaired) electrons. The van der Waals surface area contributed by atoms with Gasteiger partial charge in [0.05, 0.1) is 0 Å².